The smallest absolute Gasteiger partial charge is 0.157 e. The van der Waals surface area contributed by atoms with E-state index in [0.717, 1.165) is 30.2 Å². The minimum atomic E-state index is 0.373. The van der Waals surface area contributed by atoms with Gasteiger partial charge in [0.25, 0.3) is 0 Å². The molecule has 16 heavy (non-hydrogen) atoms. The summed E-state index contributed by atoms with van der Waals surface area (Å²) in [5, 5.41) is 3.40. The summed E-state index contributed by atoms with van der Waals surface area (Å²) >= 11 is 0. The second kappa shape index (κ2) is 4.02. The topological polar surface area (TPSA) is 66.5 Å². The molecule has 1 aliphatic heterocycles. The number of hydrogen-bond donors (Lipinski definition) is 2. The van der Waals surface area contributed by atoms with Crippen molar-refractivity contribution >= 4 is 0 Å². The summed E-state index contributed by atoms with van der Waals surface area (Å²) in [5.41, 5.74) is 1.81. The zero-order valence-corrected chi connectivity index (χ0v) is 8.85. The Labute approximate surface area is 93.4 Å². The molecule has 0 amide bonds. The van der Waals surface area contributed by atoms with E-state index in [0.29, 0.717) is 6.04 Å². The molecule has 5 nitrogen and oxygen atoms in total. The van der Waals surface area contributed by atoms with Crippen molar-refractivity contribution in [3.05, 3.63) is 30.5 Å². The maximum atomic E-state index is 4.43. The Morgan fingerprint density at radius 1 is 1.19 bits per heavy atom. The first-order valence-electron chi connectivity index (χ1n) is 5.48. The van der Waals surface area contributed by atoms with Gasteiger partial charge in [-0.3, -0.25) is 4.98 Å². The lowest BCUT2D eigenvalue weighted by Crippen LogP contribution is -2.14. The Hall–Kier alpha value is -1.75. The SMILES string of the molecule is c1c[nH]c(-c2cnc([C@H]3CCCN3)cn2)n1. The molecule has 0 saturated carbocycles. The van der Waals surface area contributed by atoms with E-state index in [1.165, 1.54) is 6.42 Å². The lowest BCUT2D eigenvalue weighted by Gasteiger charge is -2.08. The standard InChI is InChI=1S/C11H13N5/c1-2-8(12-3-1)9-6-16-10(7-15-9)11-13-4-5-14-11/h4-8,12H,1-3H2,(H,13,14)/t8-/m1/s1. The molecule has 0 radical (unpaired) electrons. The maximum absolute atomic E-state index is 4.43. The van der Waals surface area contributed by atoms with Gasteiger partial charge in [0.15, 0.2) is 5.82 Å². The van der Waals surface area contributed by atoms with Gasteiger partial charge in [0.2, 0.25) is 0 Å². The molecule has 82 valence electrons. The molecular weight excluding hydrogens is 202 g/mol. The molecule has 0 aromatic carbocycles. The van der Waals surface area contributed by atoms with Crippen LogP contribution < -0.4 is 5.32 Å². The molecule has 0 bridgehead atoms. The molecule has 5 heteroatoms. The van der Waals surface area contributed by atoms with Crippen molar-refractivity contribution in [1.29, 1.82) is 0 Å². The summed E-state index contributed by atoms with van der Waals surface area (Å²) in [6.07, 6.45) is 9.46. The normalized spacial score (nSPS) is 20.1. The Kier molecular flexibility index (Phi) is 2.38. The minimum absolute atomic E-state index is 0.373. The molecule has 2 N–H and O–H groups in total. The largest absolute Gasteiger partial charge is 0.343 e. The number of nitrogens with zero attached hydrogens (tertiary/aromatic N) is 3. The van der Waals surface area contributed by atoms with Gasteiger partial charge in [0.1, 0.15) is 5.69 Å². The maximum Gasteiger partial charge on any atom is 0.157 e. The van der Waals surface area contributed by atoms with Gasteiger partial charge in [-0.2, -0.15) is 0 Å². The predicted molar refractivity (Wildman–Crippen MR) is 59.6 cm³/mol. The van der Waals surface area contributed by atoms with E-state index in [9.17, 15) is 0 Å². The summed E-state index contributed by atoms with van der Waals surface area (Å²) in [6.45, 7) is 1.08. The van der Waals surface area contributed by atoms with Crippen LogP contribution in [-0.2, 0) is 0 Å². The number of aromatic amines is 1. The molecule has 1 fully saturated rings. The quantitative estimate of drug-likeness (QED) is 0.792. The molecule has 1 atom stereocenters. The van der Waals surface area contributed by atoms with Crippen LogP contribution >= 0.6 is 0 Å². The van der Waals surface area contributed by atoms with Crippen LogP contribution in [0.25, 0.3) is 11.5 Å². The summed E-state index contributed by atoms with van der Waals surface area (Å²) in [6, 6.07) is 0.373. The van der Waals surface area contributed by atoms with Crippen LogP contribution in [0.4, 0.5) is 0 Å². The summed E-state index contributed by atoms with van der Waals surface area (Å²) in [4.78, 5) is 16.0. The molecule has 3 rings (SSSR count). The second-order valence-electron chi connectivity index (χ2n) is 3.91. The highest BCUT2D eigenvalue weighted by Crippen LogP contribution is 2.21. The number of aromatic nitrogens is 4. The Balaban J connectivity index is 1.84. The monoisotopic (exact) mass is 215 g/mol. The van der Waals surface area contributed by atoms with Crippen molar-refractivity contribution in [2.75, 3.05) is 6.54 Å². The number of hydrogen-bond acceptors (Lipinski definition) is 4. The molecule has 0 unspecified atom stereocenters. The van der Waals surface area contributed by atoms with Crippen LogP contribution in [-0.4, -0.2) is 26.5 Å². The summed E-state index contributed by atoms with van der Waals surface area (Å²) < 4.78 is 0. The molecule has 0 aliphatic carbocycles. The third-order valence-corrected chi connectivity index (χ3v) is 2.83. The van der Waals surface area contributed by atoms with Gasteiger partial charge in [-0.15, -0.1) is 0 Å². The van der Waals surface area contributed by atoms with Crippen molar-refractivity contribution in [2.45, 2.75) is 18.9 Å². The highest BCUT2D eigenvalue weighted by atomic mass is 15.0. The van der Waals surface area contributed by atoms with Gasteiger partial charge in [-0.1, -0.05) is 0 Å². The third-order valence-electron chi connectivity index (χ3n) is 2.83. The average molecular weight is 215 g/mol. The van der Waals surface area contributed by atoms with Gasteiger partial charge < -0.3 is 10.3 Å². The van der Waals surface area contributed by atoms with Crippen molar-refractivity contribution in [1.82, 2.24) is 25.3 Å². The van der Waals surface area contributed by atoms with Crippen molar-refractivity contribution < 1.29 is 0 Å². The molecule has 0 spiro atoms. The van der Waals surface area contributed by atoms with Gasteiger partial charge in [-0.25, -0.2) is 9.97 Å². The van der Waals surface area contributed by atoms with E-state index in [4.69, 9.17) is 0 Å². The van der Waals surface area contributed by atoms with Crippen LogP contribution in [0.5, 0.6) is 0 Å². The Morgan fingerprint density at radius 2 is 2.19 bits per heavy atom. The van der Waals surface area contributed by atoms with Crippen LogP contribution in [0, 0.1) is 0 Å². The first-order valence-corrected chi connectivity index (χ1v) is 5.48. The summed E-state index contributed by atoms with van der Waals surface area (Å²) in [7, 11) is 0. The molecule has 1 saturated heterocycles. The fourth-order valence-electron chi connectivity index (χ4n) is 1.98. The van der Waals surface area contributed by atoms with E-state index in [1.54, 1.807) is 18.6 Å². The van der Waals surface area contributed by atoms with Crippen molar-refractivity contribution in [2.24, 2.45) is 0 Å². The molecule has 2 aromatic heterocycles. The first-order chi connectivity index (χ1) is 7.93. The van der Waals surface area contributed by atoms with E-state index < -0.39 is 0 Å². The first kappa shape index (κ1) is 9.47. The van der Waals surface area contributed by atoms with Gasteiger partial charge in [0, 0.05) is 12.4 Å². The zero-order valence-electron chi connectivity index (χ0n) is 8.85. The zero-order chi connectivity index (χ0) is 10.8. The van der Waals surface area contributed by atoms with E-state index in [2.05, 4.69) is 25.3 Å². The van der Waals surface area contributed by atoms with E-state index in [1.807, 2.05) is 6.20 Å². The van der Waals surface area contributed by atoms with Gasteiger partial charge in [0.05, 0.1) is 24.1 Å². The predicted octanol–water partition coefficient (Wildman–Crippen LogP) is 1.29. The second-order valence-corrected chi connectivity index (χ2v) is 3.91. The lowest BCUT2D eigenvalue weighted by molar-refractivity contribution is 0.624. The van der Waals surface area contributed by atoms with Crippen LogP contribution in [0.1, 0.15) is 24.6 Å². The number of rotatable bonds is 2. The van der Waals surface area contributed by atoms with Crippen LogP contribution in [0.3, 0.4) is 0 Å². The fraction of sp³-hybridized carbons (Fsp3) is 0.364. The van der Waals surface area contributed by atoms with Crippen molar-refractivity contribution in [3.8, 4) is 11.5 Å². The average Bonchev–Trinajstić information content (AvgIpc) is 3.03. The highest BCUT2D eigenvalue weighted by molar-refractivity contribution is 5.46. The van der Waals surface area contributed by atoms with Crippen LogP contribution in [0.15, 0.2) is 24.8 Å². The van der Waals surface area contributed by atoms with E-state index >= 15 is 0 Å². The molecular formula is C11H13N5. The van der Waals surface area contributed by atoms with Gasteiger partial charge >= 0.3 is 0 Å². The highest BCUT2D eigenvalue weighted by Gasteiger charge is 2.17. The van der Waals surface area contributed by atoms with Crippen LogP contribution in [0.2, 0.25) is 0 Å². The van der Waals surface area contributed by atoms with E-state index in [-0.39, 0.29) is 0 Å². The number of nitrogens with one attached hydrogen (secondary N) is 2. The lowest BCUT2D eigenvalue weighted by atomic mass is 10.2. The minimum Gasteiger partial charge on any atom is -0.343 e. The fourth-order valence-corrected chi connectivity index (χ4v) is 1.98. The molecule has 2 aromatic rings. The van der Waals surface area contributed by atoms with Gasteiger partial charge in [-0.05, 0) is 19.4 Å². The Morgan fingerprint density at radius 3 is 2.81 bits per heavy atom. The number of imidazole rings is 1. The molecule has 1 aliphatic rings. The Bertz CT molecular complexity index is 442. The number of H-pyrrole nitrogens is 1. The third kappa shape index (κ3) is 1.69. The summed E-state index contributed by atoms with van der Waals surface area (Å²) in [5.74, 6) is 0.762. The van der Waals surface area contributed by atoms with Crippen molar-refractivity contribution in [3.63, 3.8) is 0 Å². The molecule has 3 heterocycles.